The second-order valence-electron chi connectivity index (χ2n) is 3.57. The van der Waals surface area contributed by atoms with E-state index in [4.69, 9.17) is 10.2 Å². The van der Waals surface area contributed by atoms with E-state index in [2.05, 4.69) is 10.3 Å². The minimum absolute atomic E-state index is 0.213. The Morgan fingerprint density at radius 3 is 2.82 bits per heavy atom. The highest BCUT2D eigenvalue weighted by molar-refractivity contribution is 5.92. The summed E-state index contributed by atoms with van der Waals surface area (Å²) in [6, 6.07) is 5.25. The highest BCUT2D eigenvalue weighted by Gasteiger charge is 2.06. The lowest BCUT2D eigenvalue weighted by atomic mass is 10.2. The fraction of sp³-hybridized carbons (Fsp3) is 0.167. The van der Waals surface area contributed by atoms with Crippen LogP contribution in [0.5, 0.6) is 0 Å². The van der Waals surface area contributed by atoms with Crippen molar-refractivity contribution in [1.29, 1.82) is 0 Å². The van der Waals surface area contributed by atoms with Gasteiger partial charge in [-0.15, -0.1) is 0 Å². The lowest BCUT2D eigenvalue weighted by Crippen LogP contribution is -2.23. The Morgan fingerprint density at radius 1 is 1.35 bits per heavy atom. The van der Waals surface area contributed by atoms with Crippen LogP contribution in [0.1, 0.15) is 21.6 Å². The van der Waals surface area contributed by atoms with Gasteiger partial charge in [0.05, 0.1) is 12.5 Å². The third kappa shape index (κ3) is 2.92. The molecule has 5 nitrogen and oxygen atoms in total. The minimum Gasteiger partial charge on any atom is -0.472 e. The zero-order valence-corrected chi connectivity index (χ0v) is 9.22. The van der Waals surface area contributed by atoms with Gasteiger partial charge in [0, 0.05) is 24.8 Å². The standard InChI is InChI=1S/C12H13N3O2/c13-5-9-1-2-11(14-6-9)12(16)15-7-10-3-4-17-8-10/h1-4,6,8H,5,7,13H2,(H,15,16). The van der Waals surface area contributed by atoms with Gasteiger partial charge in [-0.2, -0.15) is 0 Å². The lowest BCUT2D eigenvalue weighted by Gasteiger charge is -2.03. The molecule has 2 aromatic heterocycles. The number of hydrogen-bond donors (Lipinski definition) is 2. The van der Waals surface area contributed by atoms with Crippen molar-refractivity contribution in [2.24, 2.45) is 5.73 Å². The third-order valence-corrected chi connectivity index (χ3v) is 2.33. The summed E-state index contributed by atoms with van der Waals surface area (Å²) in [5.41, 5.74) is 7.64. The quantitative estimate of drug-likeness (QED) is 0.824. The summed E-state index contributed by atoms with van der Waals surface area (Å²) < 4.78 is 4.90. The predicted molar refractivity (Wildman–Crippen MR) is 62.0 cm³/mol. The Labute approximate surface area is 98.6 Å². The normalized spacial score (nSPS) is 10.2. The molecule has 0 bridgehead atoms. The first-order chi connectivity index (χ1) is 8.29. The molecule has 17 heavy (non-hydrogen) atoms. The summed E-state index contributed by atoms with van der Waals surface area (Å²) in [5, 5.41) is 2.75. The van der Waals surface area contributed by atoms with E-state index in [1.54, 1.807) is 36.9 Å². The van der Waals surface area contributed by atoms with Crippen molar-refractivity contribution >= 4 is 5.91 Å². The first kappa shape index (κ1) is 11.3. The highest BCUT2D eigenvalue weighted by Crippen LogP contribution is 2.02. The molecule has 0 saturated heterocycles. The molecule has 0 aromatic carbocycles. The number of pyridine rings is 1. The van der Waals surface area contributed by atoms with Crippen LogP contribution >= 0.6 is 0 Å². The Kier molecular flexibility index (Phi) is 3.52. The average molecular weight is 231 g/mol. The van der Waals surface area contributed by atoms with Crippen LogP contribution in [0, 0.1) is 0 Å². The average Bonchev–Trinajstić information content (AvgIpc) is 2.89. The van der Waals surface area contributed by atoms with Crippen LogP contribution in [-0.4, -0.2) is 10.9 Å². The Hall–Kier alpha value is -2.14. The summed E-state index contributed by atoms with van der Waals surface area (Å²) in [6.07, 6.45) is 4.76. The molecular weight excluding hydrogens is 218 g/mol. The predicted octanol–water partition coefficient (Wildman–Crippen LogP) is 1.06. The summed E-state index contributed by atoms with van der Waals surface area (Å²) in [6.45, 7) is 0.847. The van der Waals surface area contributed by atoms with Crippen molar-refractivity contribution in [3.8, 4) is 0 Å². The smallest absolute Gasteiger partial charge is 0.270 e. The number of amides is 1. The van der Waals surface area contributed by atoms with E-state index in [1.165, 1.54) is 0 Å². The summed E-state index contributed by atoms with van der Waals surface area (Å²) >= 11 is 0. The van der Waals surface area contributed by atoms with Gasteiger partial charge >= 0.3 is 0 Å². The summed E-state index contributed by atoms with van der Waals surface area (Å²) in [4.78, 5) is 15.7. The largest absolute Gasteiger partial charge is 0.472 e. The second kappa shape index (κ2) is 5.27. The molecule has 2 aromatic rings. The molecule has 0 spiro atoms. The number of hydrogen-bond acceptors (Lipinski definition) is 4. The molecule has 88 valence electrons. The minimum atomic E-state index is -0.213. The number of rotatable bonds is 4. The molecule has 0 saturated carbocycles. The van der Waals surface area contributed by atoms with Crippen molar-refractivity contribution < 1.29 is 9.21 Å². The second-order valence-corrected chi connectivity index (χ2v) is 3.57. The molecule has 0 unspecified atom stereocenters. The van der Waals surface area contributed by atoms with Crippen LogP contribution in [0.3, 0.4) is 0 Å². The highest BCUT2D eigenvalue weighted by atomic mass is 16.3. The first-order valence-electron chi connectivity index (χ1n) is 5.24. The van der Waals surface area contributed by atoms with Crippen LogP contribution in [0.15, 0.2) is 41.3 Å². The van der Waals surface area contributed by atoms with Gasteiger partial charge in [0.25, 0.3) is 5.91 Å². The Balaban J connectivity index is 1.95. The molecule has 1 amide bonds. The van der Waals surface area contributed by atoms with Gasteiger partial charge in [-0.3, -0.25) is 9.78 Å². The van der Waals surface area contributed by atoms with Crippen molar-refractivity contribution in [1.82, 2.24) is 10.3 Å². The molecule has 0 atom stereocenters. The molecular formula is C12H13N3O2. The fourth-order valence-electron chi connectivity index (χ4n) is 1.35. The van der Waals surface area contributed by atoms with Gasteiger partial charge in [0.1, 0.15) is 5.69 Å². The van der Waals surface area contributed by atoms with Crippen molar-refractivity contribution in [3.05, 3.63) is 53.7 Å². The molecule has 3 N–H and O–H groups in total. The maximum absolute atomic E-state index is 11.7. The van der Waals surface area contributed by atoms with E-state index in [0.717, 1.165) is 11.1 Å². The monoisotopic (exact) mass is 231 g/mol. The van der Waals surface area contributed by atoms with Crippen molar-refractivity contribution in [2.45, 2.75) is 13.1 Å². The number of nitrogens with zero attached hydrogens (tertiary/aromatic N) is 1. The molecule has 0 aliphatic carbocycles. The maximum atomic E-state index is 11.7. The topological polar surface area (TPSA) is 81.2 Å². The van der Waals surface area contributed by atoms with Crippen molar-refractivity contribution in [3.63, 3.8) is 0 Å². The number of nitrogens with one attached hydrogen (secondary N) is 1. The SMILES string of the molecule is NCc1ccc(C(=O)NCc2ccoc2)nc1. The van der Waals surface area contributed by atoms with Gasteiger partial charge in [-0.05, 0) is 17.7 Å². The van der Waals surface area contributed by atoms with Gasteiger partial charge < -0.3 is 15.5 Å². The summed E-state index contributed by atoms with van der Waals surface area (Å²) in [7, 11) is 0. The van der Waals surface area contributed by atoms with Crippen LogP contribution in [0.2, 0.25) is 0 Å². The lowest BCUT2D eigenvalue weighted by molar-refractivity contribution is 0.0946. The zero-order valence-electron chi connectivity index (χ0n) is 9.22. The van der Waals surface area contributed by atoms with Gasteiger partial charge in [-0.25, -0.2) is 0 Å². The van der Waals surface area contributed by atoms with E-state index < -0.39 is 0 Å². The number of furan rings is 1. The van der Waals surface area contributed by atoms with Gasteiger partial charge in [0.15, 0.2) is 0 Å². The van der Waals surface area contributed by atoms with Crippen LogP contribution in [0.4, 0.5) is 0 Å². The van der Waals surface area contributed by atoms with E-state index >= 15 is 0 Å². The molecule has 0 aliphatic heterocycles. The number of carbonyl (C=O) groups excluding carboxylic acids is 1. The third-order valence-electron chi connectivity index (χ3n) is 2.33. The van der Waals surface area contributed by atoms with Gasteiger partial charge in [0.2, 0.25) is 0 Å². The van der Waals surface area contributed by atoms with E-state index in [0.29, 0.717) is 18.8 Å². The van der Waals surface area contributed by atoms with Crippen LogP contribution < -0.4 is 11.1 Å². The molecule has 0 aliphatic rings. The molecule has 0 radical (unpaired) electrons. The Morgan fingerprint density at radius 2 is 2.24 bits per heavy atom. The Bertz CT molecular complexity index is 477. The maximum Gasteiger partial charge on any atom is 0.270 e. The molecule has 0 fully saturated rings. The molecule has 2 rings (SSSR count). The van der Waals surface area contributed by atoms with E-state index in [1.807, 2.05) is 0 Å². The van der Waals surface area contributed by atoms with Crippen LogP contribution in [-0.2, 0) is 13.1 Å². The fourth-order valence-corrected chi connectivity index (χ4v) is 1.35. The van der Waals surface area contributed by atoms with Gasteiger partial charge in [-0.1, -0.05) is 6.07 Å². The molecule has 2 heterocycles. The summed E-state index contributed by atoms with van der Waals surface area (Å²) in [5.74, 6) is -0.213. The number of nitrogens with two attached hydrogens (primary N) is 1. The zero-order chi connectivity index (χ0) is 12.1. The van der Waals surface area contributed by atoms with E-state index in [-0.39, 0.29) is 5.91 Å². The number of carbonyl (C=O) groups is 1. The van der Waals surface area contributed by atoms with E-state index in [9.17, 15) is 4.79 Å². The van der Waals surface area contributed by atoms with Crippen LogP contribution in [0.25, 0.3) is 0 Å². The van der Waals surface area contributed by atoms with Crippen molar-refractivity contribution in [2.75, 3.05) is 0 Å². The number of aromatic nitrogens is 1. The first-order valence-corrected chi connectivity index (χ1v) is 5.24. The molecule has 5 heteroatoms.